The lowest BCUT2D eigenvalue weighted by atomic mass is 10.2. The molecule has 1 aromatic heterocycles. The molecule has 0 atom stereocenters. The summed E-state index contributed by atoms with van der Waals surface area (Å²) in [5.74, 6) is 1.69. The van der Waals surface area contributed by atoms with Crippen LogP contribution in [0.15, 0.2) is 60.1 Å². The summed E-state index contributed by atoms with van der Waals surface area (Å²) in [6, 6.07) is 10.8. The second kappa shape index (κ2) is 12.1. The molecule has 0 saturated carbocycles. The lowest BCUT2D eigenvalue weighted by Crippen LogP contribution is -2.36. The summed E-state index contributed by atoms with van der Waals surface area (Å²) in [5, 5.41) is 6.48. The van der Waals surface area contributed by atoms with Crippen LogP contribution in [0.25, 0.3) is 5.69 Å². The zero-order chi connectivity index (χ0) is 21.3. The molecule has 0 bridgehead atoms. The third kappa shape index (κ3) is 6.58. The first kappa shape index (κ1) is 24.4. The molecular weight excluding hydrogens is 512 g/mol. The monoisotopic (exact) mass is 539 g/mol. The van der Waals surface area contributed by atoms with E-state index in [1.807, 2.05) is 31.2 Å². The minimum absolute atomic E-state index is 0. The van der Waals surface area contributed by atoms with Crippen LogP contribution in [0.1, 0.15) is 18.1 Å². The molecule has 3 rings (SSSR count). The van der Waals surface area contributed by atoms with E-state index in [-0.39, 0.29) is 29.8 Å². The molecule has 0 saturated heterocycles. The van der Waals surface area contributed by atoms with E-state index in [1.54, 1.807) is 43.6 Å². The minimum Gasteiger partial charge on any atom is -0.493 e. The van der Waals surface area contributed by atoms with Crippen molar-refractivity contribution in [1.82, 2.24) is 20.2 Å². The highest BCUT2D eigenvalue weighted by atomic mass is 127. The summed E-state index contributed by atoms with van der Waals surface area (Å²) in [5.41, 5.74) is 2.26. The summed E-state index contributed by atoms with van der Waals surface area (Å²) >= 11 is 0. The lowest BCUT2D eigenvalue weighted by Gasteiger charge is -2.13. The molecular formula is C22H27FIN5O2. The third-order valence-electron chi connectivity index (χ3n) is 4.47. The van der Waals surface area contributed by atoms with Crippen LogP contribution in [0.4, 0.5) is 4.39 Å². The molecule has 0 spiro atoms. The van der Waals surface area contributed by atoms with Gasteiger partial charge in [0.1, 0.15) is 5.82 Å². The van der Waals surface area contributed by atoms with Crippen molar-refractivity contribution in [3.05, 3.63) is 72.1 Å². The van der Waals surface area contributed by atoms with E-state index in [1.165, 1.54) is 6.07 Å². The maximum atomic E-state index is 14.4. The molecule has 166 valence electrons. The Hall–Kier alpha value is -2.82. The van der Waals surface area contributed by atoms with E-state index in [2.05, 4.69) is 20.6 Å². The van der Waals surface area contributed by atoms with Crippen molar-refractivity contribution in [2.24, 2.45) is 4.99 Å². The van der Waals surface area contributed by atoms with Crippen LogP contribution >= 0.6 is 24.0 Å². The molecule has 0 amide bonds. The van der Waals surface area contributed by atoms with E-state index in [0.29, 0.717) is 42.8 Å². The fourth-order valence-corrected chi connectivity index (χ4v) is 2.95. The highest BCUT2D eigenvalue weighted by Gasteiger charge is 2.07. The molecule has 0 aliphatic heterocycles. The van der Waals surface area contributed by atoms with Gasteiger partial charge in [0.25, 0.3) is 0 Å². The first-order chi connectivity index (χ1) is 14.6. The van der Waals surface area contributed by atoms with Crippen LogP contribution in [0, 0.1) is 5.82 Å². The van der Waals surface area contributed by atoms with Gasteiger partial charge in [0, 0.05) is 25.5 Å². The van der Waals surface area contributed by atoms with Crippen LogP contribution in [-0.4, -0.2) is 36.3 Å². The second-order valence-corrected chi connectivity index (χ2v) is 6.49. The van der Waals surface area contributed by atoms with Crippen LogP contribution in [-0.2, 0) is 13.1 Å². The number of methoxy groups -OCH3 is 2. The highest BCUT2D eigenvalue weighted by Crippen LogP contribution is 2.27. The van der Waals surface area contributed by atoms with Crippen LogP contribution in [0.3, 0.4) is 0 Å². The Morgan fingerprint density at radius 3 is 2.48 bits per heavy atom. The number of rotatable bonds is 8. The third-order valence-corrected chi connectivity index (χ3v) is 4.47. The Bertz CT molecular complexity index is 996. The molecule has 0 radical (unpaired) electrons. The molecule has 3 aromatic rings. The van der Waals surface area contributed by atoms with Gasteiger partial charge >= 0.3 is 0 Å². The molecule has 31 heavy (non-hydrogen) atoms. The zero-order valence-electron chi connectivity index (χ0n) is 17.8. The Kier molecular flexibility index (Phi) is 9.57. The topological polar surface area (TPSA) is 72.7 Å². The standard InChI is InChI=1S/C22H26FN5O2.HI/c1-4-25-22(27-14-17-6-8-20(29-2)21(12-17)30-3)26-13-16-5-7-19(18(23)11-16)28-10-9-24-15-28;/h5-12,15H,4,13-14H2,1-3H3,(H2,25,26,27);1H. The average molecular weight is 539 g/mol. The number of aliphatic imine (C=N–C) groups is 1. The molecule has 0 aliphatic carbocycles. The molecule has 1 heterocycles. The number of ether oxygens (including phenoxy) is 2. The van der Waals surface area contributed by atoms with Gasteiger partial charge in [-0.2, -0.15) is 0 Å². The van der Waals surface area contributed by atoms with Crippen molar-refractivity contribution in [3.8, 4) is 17.2 Å². The van der Waals surface area contributed by atoms with Gasteiger partial charge in [0.05, 0.1) is 32.8 Å². The highest BCUT2D eigenvalue weighted by molar-refractivity contribution is 14.0. The SMILES string of the molecule is CCNC(=NCc1ccc(-n2ccnc2)c(F)c1)NCc1ccc(OC)c(OC)c1.I. The summed E-state index contributed by atoms with van der Waals surface area (Å²) in [4.78, 5) is 8.51. The molecule has 2 N–H and O–H groups in total. The predicted molar refractivity (Wildman–Crippen MR) is 130 cm³/mol. The molecule has 9 heteroatoms. The summed E-state index contributed by atoms with van der Waals surface area (Å²) in [7, 11) is 3.22. The van der Waals surface area contributed by atoms with E-state index in [0.717, 1.165) is 11.1 Å². The summed E-state index contributed by atoms with van der Waals surface area (Å²) in [6.07, 6.45) is 4.89. The maximum Gasteiger partial charge on any atom is 0.191 e. The van der Waals surface area contributed by atoms with Gasteiger partial charge in [0.15, 0.2) is 17.5 Å². The smallest absolute Gasteiger partial charge is 0.191 e. The zero-order valence-corrected chi connectivity index (χ0v) is 20.1. The predicted octanol–water partition coefficient (Wildman–Crippen LogP) is 3.90. The molecule has 0 fully saturated rings. The van der Waals surface area contributed by atoms with Crippen molar-refractivity contribution in [3.63, 3.8) is 0 Å². The number of aromatic nitrogens is 2. The lowest BCUT2D eigenvalue weighted by molar-refractivity contribution is 0.354. The number of hydrogen-bond donors (Lipinski definition) is 2. The quantitative estimate of drug-likeness (QED) is 0.258. The first-order valence-electron chi connectivity index (χ1n) is 9.64. The average Bonchev–Trinajstić information content (AvgIpc) is 3.30. The Balaban J connectivity index is 0.00000341. The largest absolute Gasteiger partial charge is 0.493 e. The van der Waals surface area contributed by atoms with Crippen molar-refractivity contribution >= 4 is 29.9 Å². The van der Waals surface area contributed by atoms with Gasteiger partial charge in [-0.15, -0.1) is 24.0 Å². The number of nitrogens with one attached hydrogen (secondary N) is 2. The fraction of sp³-hybridized carbons (Fsp3) is 0.273. The Labute approximate surface area is 198 Å². The number of guanidine groups is 1. The summed E-state index contributed by atoms with van der Waals surface area (Å²) in [6.45, 7) is 3.61. The van der Waals surface area contributed by atoms with Crippen molar-refractivity contribution in [2.45, 2.75) is 20.0 Å². The van der Waals surface area contributed by atoms with E-state index < -0.39 is 0 Å². The van der Waals surface area contributed by atoms with Crippen LogP contribution in [0.2, 0.25) is 0 Å². The van der Waals surface area contributed by atoms with E-state index in [9.17, 15) is 4.39 Å². The van der Waals surface area contributed by atoms with Gasteiger partial charge in [0.2, 0.25) is 0 Å². The van der Waals surface area contributed by atoms with Gasteiger partial charge in [-0.1, -0.05) is 12.1 Å². The van der Waals surface area contributed by atoms with Crippen molar-refractivity contribution < 1.29 is 13.9 Å². The number of imidazole rings is 1. The number of hydrogen-bond acceptors (Lipinski definition) is 4. The molecule has 0 aliphatic rings. The minimum atomic E-state index is -0.316. The number of halogens is 2. The van der Waals surface area contributed by atoms with Gasteiger partial charge in [-0.05, 0) is 42.3 Å². The van der Waals surface area contributed by atoms with E-state index in [4.69, 9.17) is 9.47 Å². The maximum absolute atomic E-state index is 14.4. The second-order valence-electron chi connectivity index (χ2n) is 6.49. The number of benzene rings is 2. The molecule has 2 aromatic carbocycles. The van der Waals surface area contributed by atoms with E-state index >= 15 is 0 Å². The Morgan fingerprint density at radius 2 is 1.84 bits per heavy atom. The summed E-state index contributed by atoms with van der Waals surface area (Å²) < 4.78 is 26.7. The number of nitrogens with zero attached hydrogens (tertiary/aromatic N) is 3. The van der Waals surface area contributed by atoms with Gasteiger partial charge < -0.3 is 24.7 Å². The van der Waals surface area contributed by atoms with Crippen molar-refractivity contribution in [1.29, 1.82) is 0 Å². The van der Waals surface area contributed by atoms with Gasteiger partial charge in [-0.3, -0.25) is 0 Å². The van der Waals surface area contributed by atoms with Gasteiger partial charge in [-0.25, -0.2) is 14.4 Å². The molecule has 7 nitrogen and oxygen atoms in total. The fourth-order valence-electron chi connectivity index (χ4n) is 2.95. The normalized spacial score (nSPS) is 10.9. The Morgan fingerprint density at radius 1 is 1.06 bits per heavy atom. The molecule has 0 unspecified atom stereocenters. The first-order valence-corrected chi connectivity index (χ1v) is 9.64. The van der Waals surface area contributed by atoms with Crippen LogP contribution < -0.4 is 20.1 Å². The van der Waals surface area contributed by atoms with Crippen molar-refractivity contribution in [2.75, 3.05) is 20.8 Å². The van der Waals surface area contributed by atoms with Crippen LogP contribution in [0.5, 0.6) is 11.5 Å².